The molecule has 0 aromatic carbocycles. The number of carbonyl (C=O) groups is 1. The zero-order chi connectivity index (χ0) is 13.1. The summed E-state index contributed by atoms with van der Waals surface area (Å²) >= 11 is 0. The van der Waals surface area contributed by atoms with Gasteiger partial charge in [0.1, 0.15) is 32.7 Å². The first kappa shape index (κ1) is 12.7. The molecule has 0 radical (unpaired) electrons. The van der Waals surface area contributed by atoms with Crippen LogP contribution in [-0.4, -0.2) is 44.7 Å². The van der Waals surface area contributed by atoms with Gasteiger partial charge < -0.3 is 19.5 Å². The Morgan fingerprint density at radius 2 is 2.00 bits per heavy atom. The van der Waals surface area contributed by atoms with Crippen LogP contribution in [0.1, 0.15) is 18.6 Å². The molecule has 19 heavy (non-hydrogen) atoms. The molecule has 0 spiro atoms. The van der Waals surface area contributed by atoms with Gasteiger partial charge in [0.25, 0.3) is 5.91 Å². The molecular weight excluding hydrogens is 242 g/mol. The summed E-state index contributed by atoms with van der Waals surface area (Å²) in [6, 6.07) is 4.46. The minimum Gasteiger partial charge on any atom is -0.463 e. The molecule has 0 unspecified atom stereocenters. The summed E-state index contributed by atoms with van der Waals surface area (Å²) in [6.45, 7) is 6.00. The number of hydrogen-bond acceptors (Lipinski definition) is 2. The summed E-state index contributed by atoms with van der Waals surface area (Å²) in [4.78, 5) is 14.7. The molecule has 2 fully saturated rings. The zero-order valence-corrected chi connectivity index (χ0v) is 11.3. The van der Waals surface area contributed by atoms with Crippen LogP contribution in [0.15, 0.2) is 22.8 Å². The zero-order valence-electron chi connectivity index (χ0n) is 11.3. The van der Waals surface area contributed by atoms with Crippen LogP contribution < -0.4 is 15.1 Å². The third-order valence-electron chi connectivity index (χ3n) is 4.02. The Hall–Kier alpha value is -1.33. The quantitative estimate of drug-likeness (QED) is 0.568. The van der Waals surface area contributed by atoms with Gasteiger partial charge >= 0.3 is 0 Å². The maximum Gasteiger partial charge on any atom is 0.275 e. The van der Waals surface area contributed by atoms with Gasteiger partial charge in [0, 0.05) is 6.04 Å². The van der Waals surface area contributed by atoms with E-state index in [1.807, 2.05) is 12.1 Å². The van der Waals surface area contributed by atoms with E-state index in [0.29, 0.717) is 12.6 Å². The molecule has 3 rings (SSSR count). The largest absolute Gasteiger partial charge is 0.463 e. The SMILES string of the molecule is O=C(C[NH+]1CC[NH+](Cc2ccco2)CC1)NC1CC1. The van der Waals surface area contributed by atoms with E-state index in [0.717, 1.165) is 38.5 Å². The van der Waals surface area contributed by atoms with Crippen LogP contribution in [0.25, 0.3) is 0 Å². The summed E-state index contributed by atoms with van der Waals surface area (Å²) in [5.41, 5.74) is 0. The van der Waals surface area contributed by atoms with Crippen molar-refractivity contribution >= 4 is 5.91 Å². The van der Waals surface area contributed by atoms with Crippen LogP contribution in [0.2, 0.25) is 0 Å². The molecule has 1 aliphatic carbocycles. The molecule has 2 aliphatic rings. The Balaban J connectivity index is 1.37. The summed E-state index contributed by atoms with van der Waals surface area (Å²) in [6.07, 6.45) is 4.07. The summed E-state index contributed by atoms with van der Waals surface area (Å²) in [7, 11) is 0. The Morgan fingerprint density at radius 3 is 2.63 bits per heavy atom. The molecule has 2 heterocycles. The van der Waals surface area contributed by atoms with Crippen LogP contribution in [0.5, 0.6) is 0 Å². The van der Waals surface area contributed by atoms with Gasteiger partial charge in [0.15, 0.2) is 12.3 Å². The van der Waals surface area contributed by atoms with Crippen molar-refractivity contribution in [2.45, 2.75) is 25.4 Å². The lowest BCUT2D eigenvalue weighted by atomic mass is 10.3. The van der Waals surface area contributed by atoms with Crippen LogP contribution >= 0.6 is 0 Å². The highest BCUT2D eigenvalue weighted by Crippen LogP contribution is 2.17. The minimum absolute atomic E-state index is 0.229. The van der Waals surface area contributed by atoms with E-state index in [-0.39, 0.29) is 5.91 Å². The molecule has 5 nitrogen and oxygen atoms in total. The molecule has 1 saturated carbocycles. The van der Waals surface area contributed by atoms with Crippen molar-refractivity contribution < 1.29 is 19.0 Å². The second-order valence-electron chi connectivity index (χ2n) is 5.77. The van der Waals surface area contributed by atoms with Crippen molar-refractivity contribution in [3.8, 4) is 0 Å². The molecule has 0 atom stereocenters. The molecule has 1 saturated heterocycles. The molecule has 1 amide bonds. The summed E-state index contributed by atoms with van der Waals surface area (Å²) in [5, 5.41) is 3.07. The molecule has 0 bridgehead atoms. The number of nitrogens with one attached hydrogen (secondary N) is 3. The normalized spacial score (nSPS) is 27.2. The Morgan fingerprint density at radius 1 is 1.26 bits per heavy atom. The average molecular weight is 265 g/mol. The van der Waals surface area contributed by atoms with Crippen LogP contribution in [0, 0.1) is 0 Å². The second kappa shape index (κ2) is 5.75. The number of furan rings is 1. The topological polar surface area (TPSA) is 51.1 Å². The third-order valence-corrected chi connectivity index (χ3v) is 4.02. The third kappa shape index (κ3) is 3.81. The number of carbonyl (C=O) groups excluding carboxylic acids is 1. The Kier molecular flexibility index (Phi) is 3.84. The Bertz CT molecular complexity index is 406. The van der Waals surface area contributed by atoms with Crippen LogP contribution in [-0.2, 0) is 11.3 Å². The minimum atomic E-state index is 0.229. The van der Waals surface area contributed by atoms with Gasteiger partial charge in [-0.3, -0.25) is 4.79 Å². The van der Waals surface area contributed by atoms with E-state index in [4.69, 9.17) is 4.42 Å². The highest BCUT2D eigenvalue weighted by molar-refractivity contribution is 5.77. The average Bonchev–Trinajstić information content (AvgIpc) is 3.05. The highest BCUT2D eigenvalue weighted by Gasteiger charge is 2.28. The highest BCUT2D eigenvalue weighted by atomic mass is 16.3. The first-order chi connectivity index (χ1) is 9.29. The summed E-state index contributed by atoms with van der Waals surface area (Å²) < 4.78 is 5.39. The van der Waals surface area contributed by atoms with Gasteiger partial charge in [-0.1, -0.05) is 0 Å². The fourth-order valence-corrected chi connectivity index (χ4v) is 2.70. The number of amides is 1. The fraction of sp³-hybridized carbons (Fsp3) is 0.643. The van der Waals surface area contributed by atoms with E-state index in [1.54, 1.807) is 11.2 Å². The number of rotatable bonds is 5. The van der Waals surface area contributed by atoms with Gasteiger partial charge in [-0.05, 0) is 25.0 Å². The smallest absolute Gasteiger partial charge is 0.275 e. The molecule has 1 aromatic rings. The molecule has 104 valence electrons. The second-order valence-corrected chi connectivity index (χ2v) is 5.77. The number of hydrogen-bond donors (Lipinski definition) is 3. The van der Waals surface area contributed by atoms with Crippen molar-refractivity contribution in [2.24, 2.45) is 0 Å². The van der Waals surface area contributed by atoms with E-state index < -0.39 is 0 Å². The fourth-order valence-electron chi connectivity index (χ4n) is 2.70. The number of piperazine rings is 1. The van der Waals surface area contributed by atoms with Crippen molar-refractivity contribution in [2.75, 3.05) is 32.7 Å². The first-order valence-electron chi connectivity index (χ1n) is 7.28. The van der Waals surface area contributed by atoms with Crippen molar-refractivity contribution in [3.63, 3.8) is 0 Å². The lowest BCUT2D eigenvalue weighted by molar-refractivity contribution is -1.02. The van der Waals surface area contributed by atoms with Crippen LogP contribution in [0.3, 0.4) is 0 Å². The maximum absolute atomic E-state index is 11.7. The lowest BCUT2D eigenvalue weighted by Crippen LogP contribution is -3.28. The van der Waals surface area contributed by atoms with Gasteiger partial charge in [0.2, 0.25) is 0 Å². The molecule has 1 aliphatic heterocycles. The van der Waals surface area contributed by atoms with Gasteiger partial charge in [0.05, 0.1) is 6.26 Å². The monoisotopic (exact) mass is 265 g/mol. The van der Waals surface area contributed by atoms with Crippen LogP contribution in [0.4, 0.5) is 0 Å². The molecule has 5 heteroatoms. The predicted molar refractivity (Wildman–Crippen MR) is 69.8 cm³/mol. The van der Waals surface area contributed by atoms with Gasteiger partial charge in [-0.25, -0.2) is 0 Å². The Labute approximate surface area is 113 Å². The van der Waals surface area contributed by atoms with E-state index >= 15 is 0 Å². The van der Waals surface area contributed by atoms with Crippen molar-refractivity contribution in [3.05, 3.63) is 24.2 Å². The van der Waals surface area contributed by atoms with E-state index in [1.165, 1.54) is 17.7 Å². The predicted octanol–water partition coefficient (Wildman–Crippen LogP) is -2.16. The van der Waals surface area contributed by atoms with E-state index in [2.05, 4.69) is 5.32 Å². The van der Waals surface area contributed by atoms with Crippen molar-refractivity contribution in [1.82, 2.24) is 5.32 Å². The standard InChI is InChI=1S/C14H21N3O2/c18-14(15-12-3-4-12)11-17-7-5-16(6-8-17)10-13-2-1-9-19-13/h1-2,9,12H,3-8,10-11H2,(H,15,18)/p+2. The first-order valence-corrected chi connectivity index (χ1v) is 7.28. The summed E-state index contributed by atoms with van der Waals surface area (Å²) in [5.74, 6) is 1.29. The van der Waals surface area contributed by atoms with E-state index in [9.17, 15) is 4.79 Å². The molecule has 3 N–H and O–H groups in total. The van der Waals surface area contributed by atoms with Gasteiger partial charge in [-0.15, -0.1) is 0 Å². The van der Waals surface area contributed by atoms with Crippen molar-refractivity contribution in [1.29, 1.82) is 0 Å². The molecule has 1 aromatic heterocycles. The lowest BCUT2D eigenvalue weighted by Gasteiger charge is -2.28. The molecular formula is C14H23N3O2+2. The number of quaternary nitrogens is 2. The van der Waals surface area contributed by atoms with Gasteiger partial charge in [-0.2, -0.15) is 0 Å². The maximum atomic E-state index is 11.7.